The normalized spacial score (nSPS) is 50.1. The number of hydrogen-bond acceptors (Lipinski definition) is 0. The Morgan fingerprint density at radius 3 is 2.20 bits per heavy atom. The van der Waals surface area contributed by atoms with Crippen molar-refractivity contribution in [3.8, 4) is 0 Å². The summed E-state index contributed by atoms with van der Waals surface area (Å²) in [7, 11) is 0. The van der Waals surface area contributed by atoms with Gasteiger partial charge in [0.2, 0.25) is 0 Å². The van der Waals surface area contributed by atoms with Crippen molar-refractivity contribution < 1.29 is 0 Å². The Balaban J connectivity index is 2.16. The fraction of sp³-hybridized carbons (Fsp3) is 1.00. The van der Waals surface area contributed by atoms with Gasteiger partial charge in [-0.3, -0.25) is 0 Å². The first-order valence-electron chi connectivity index (χ1n) is 4.62. The fourth-order valence-corrected chi connectivity index (χ4v) is 3.18. The van der Waals surface area contributed by atoms with Crippen LogP contribution in [0.3, 0.4) is 0 Å². The first-order chi connectivity index (χ1) is 4.62. The van der Waals surface area contributed by atoms with E-state index in [4.69, 9.17) is 0 Å². The molecule has 0 aromatic heterocycles. The molecule has 0 spiro atoms. The minimum absolute atomic E-state index is 0.706. The summed E-state index contributed by atoms with van der Waals surface area (Å²) < 4.78 is 0. The first-order valence-corrected chi connectivity index (χ1v) is 4.62. The Hall–Kier alpha value is 0. The zero-order valence-electron chi connectivity index (χ0n) is 7.35. The second-order valence-electron chi connectivity index (χ2n) is 4.92. The molecule has 10 heavy (non-hydrogen) atoms. The van der Waals surface area contributed by atoms with Crippen molar-refractivity contribution in [2.75, 3.05) is 0 Å². The van der Waals surface area contributed by atoms with Gasteiger partial charge in [-0.15, -0.1) is 0 Å². The molecule has 0 unspecified atom stereocenters. The van der Waals surface area contributed by atoms with Crippen LogP contribution in [-0.2, 0) is 0 Å². The highest BCUT2D eigenvalue weighted by Crippen LogP contribution is 2.61. The van der Waals surface area contributed by atoms with E-state index < -0.39 is 0 Å². The highest BCUT2D eigenvalue weighted by molar-refractivity contribution is 5.01. The molecule has 2 bridgehead atoms. The summed E-state index contributed by atoms with van der Waals surface area (Å²) in [5.41, 5.74) is 0.706. The molecule has 0 aliphatic heterocycles. The van der Waals surface area contributed by atoms with E-state index in [0.717, 1.165) is 17.8 Å². The van der Waals surface area contributed by atoms with Crippen molar-refractivity contribution in [3.63, 3.8) is 0 Å². The highest BCUT2D eigenvalue weighted by Gasteiger charge is 2.52. The fourth-order valence-electron chi connectivity index (χ4n) is 3.18. The van der Waals surface area contributed by atoms with E-state index in [9.17, 15) is 0 Å². The summed E-state index contributed by atoms with van der Waals surface area (Å²) in [5.74, 6) is 3.15. The van der Waals surface area contributed by atoms with Gasteiger partial charge in [0.25, 0.3) is 0 Å². The summed E-state index contributed by atoms with van der Waals surface area (Å²) in [4.78, 5) is 0. The molecule has 0 N–H and O–H groups in total. The van der Waals surface area contributed by atoms with Crippen LogP contribution in [0.15, 0.2) is 0 Å². The number of hydrogen-bond donors (Lipinski definition) is 0. The molecule has 0 amide bonds. The number of rotatable bonds is 0. The third-order valence-corrected chi connectivity index (χ3v) is 4.20. The molecule has 3 fully saturated rings. The molecule has 58 valence electrons. The van der Waals surface area contributed by atoms with Crippen LogP contribution in [0.4, 0.5) is 0 Å². The largest absolute Gasteiger partial charge is 0.0622 e. The van der Waals surface area contributed by atoms with Crippen molar-refractivity contribution in [2.45, 2.75) is 40.0 Å². The second kappa shape index (κ2) is 1.78. The van der Waals surface area contributed by atoms with Crippen molar-refractivity contribution in [1.82, 2.24) is 0 Å². The van der Waals surface area contributed by atoms with Gasteiger partial charge in [0.1, 0.15) is 0 Å². The first kappa shape index (κ1) is 6.69. The van der Waals surface area contributed by atoms with Crippen molar-refractivity contribution in [1.29, 1.82) is 0 Å². The lowest BCUT2D eigenvalue weighted by Gasteiger charge is -2.59. The molecule has 3 atom stereocenters. The summed E-state index contributed by atoms with van der Waals surface area (Å²) in [6, 6.07) is 0. The van der Waals surface area contributed by atoms with Crippen LogP contribution < -0.4 is 0 Å². The van der Waals surface area contributed by atoms with Crippen molar-refractivity contribution >= 4 is 0 Å². The standard InChI is InChI=1S/C10H18/c1-7-4-5-8-6-9(7)10(8,2)3/h7-9H,4-6H2,1-3H3/t7-,8+,9-/m1/s1. The zero-order valence-corrected chi connectivity index (χ0v) is 7.35. The molecule has 0 aromatic carbocycles. The third kappa shape index (κ3) is 0.627. The van der Waals surface area contributed by atoms with Crippen LogP contribution in [0.2, 0.25) is 0 Å². The zero-order chi connectivity index (χ0) is 7.35. The Morgan fingerprint density at radius 1 is 1.20 bits per heavy atom. The smallest absolute Gasteiger partial charge is 0.0295 e. The van der Waals surface area contributed by atoms with Gasteiger partial charge in [0.05, 0.1) is 0 Å². The van der Waals surface area contributed by atoms with Gasteiger partial charge in [0, 0.05) is 0 Å². The Bertz CT molecular complexity index is 144. The van der Waals surface area contributed by atoms with Crippen LogP contribution in [-0.4, -0.2) is 0 Å². The molecule has 3 aliphatic rings. The van der Waals surface area contributed by atoms with Gasteiger partial charge in [-0.05, 0) is 36.0 Å². The van der Waals surface area contributed by atoms with Gasteiger partial charge in [-0.25, -0.2) is 0 Å². The van der Waals surface area contributed by atoms with Gasteiger partial charge >= 0.3 is 0 Å². The Labute approximate surface area is 64.0 Å². The van der Waals surface area contributed by atoms with E-state index in [1.807, 2.05) is 0 Å². The molecule has 0 saturated heterocycles. The van der Waals surface area contributed by atoms with Crippen LogP contribution in [0, 0.1) is 23.2 Å². The Morgan fingerprint density at radius 2 is 1.90 bits per heavy atom. The van der Waals surface area contributed by atoms with Crippen molar-refractivity contribution in [2.24, 2.45) is 23.2 Å². The molecule has 0 heteroatoms. The summed E-state index contributed by atoms with van der Waals surface area (Å²) in [5, 5.41) is 0. The average Bonchev–Trinajstić information content (AvgIpc) is 1.87. The molecule has 0 heterocycles. The third-order valence-electron chi connectivity index (χ3n) is 4.20. The molecule has 3 aliphatic carbocycles. The van der Waals surface area contributed by atoms with Crippen LogP contribution in [0.25, 0.3) is 0 Å². The maximum Gasteiger partial charge on any atom is -0.0295 e. The summed E-state index contributed by atoms with van der Waals surface area (Å²) >= 11 is 0. The maximum atomic E-state index is 2.46. The number of fused-ring (bicyclic) bond motifs is 2. The topological polar surface area (TPSA) is 0 Å². The average molecular weight is 138 g/mol. The lowest BCUT2D eigenvalue weighted by molar-refractivity contribution is -0.0988. The summed E-state index contributed by atoms with van der Waals surface area (Å²) in [6.45, 7) is 7.35. The van der Waals surface area contributed by atoms with Crippen LogP contribution >= 0.6 is 0 Å². The second-order valence-corrected chi connectivity index (χ2v) is 4.92. The van der Waals surface area contributed by atoms with Gasteiger partial charge < -0.3 is 0 Å². The molecule has 3 saturated carbocycles. The predicted octanol–water partition coefficient (Wildman–Crippen LogP) is 3.08. The van der Waals surface area contributed by atoms with E-state index in [0.29, 0.717) is 5.41 Å². The lowest BCUT2D eigenvalue weighted by Crippen LogP contribution is -2.51. The monoisotopic (exact) mass is 138 g/mol. The van der Waals surface area contributed by atoms with E-state index in [1.165, 1.54) is 19.3 Å². The van der Waals surface area contributed by atoms with E-state index in [1.54, 1.807) is 0 Å². The van der Waals surface area contributed by atoms with Crippen LogP contribution in [0.1, 0.15) is 40.0 Å². The van der Waals surface area contributed by atoms with Crippen LogP contribution in [0.5, 0.6) is 0 Å². The van der Waals surface area contributed by atoms with Gasteiger partial charge in [0.15, 0.2) is 0 Å². The molecule has 3 rings (SSSR count). The Kier molecular flexibility index (Phi) is 1.19. The molecular formula is C10H18. The molecule has 0 radical (unpaired) electrons. The quantitative estimate of drug-likeness (QED) is 0.482. The molecule has 0 aromatic rings. The lowest BCUT2D eigenvalue weighted by atomic mass is 9.46. The van der Waals surface area contributed by atoms with E-state index >= 15 is 0 Å². The SMILES string of the molecule is C[C@@H]1CC[C@H]2C[C@H]1C2(C)C. The highest BCUT2D eigenvalue weighted by atomic mass is 14.6. The minimum Gasteiger partial charge on any atom is -0.0622 e. The minimum atomic E-state index is 0.706. The van der Waals surface area contributed by atoms with Gasteiger partial charge in [-0.2, -0.15) is 0 Å². The molecular weight excluding hydrogens is 120 g/mol. The van der Waals surface area contributed by atoms with Crippen molar-refractivity contribution in [3.05, 3.63) is 0 Å². The maximum absolute atomic E-state index is 2.46. The van der Waals surface area contributed by atoms with Gasteiger partial charge in [-0.1, -0.05) is 27.2 Å². The predicted molar refractivity (Wildman–Crippen MR) is 43.8 cm³/mol. The summed E-state index contributed by atoms with van der Waals surface area (Å²) in [6.07, 6.45) is 4.54. The van der Waals surface area contributed by atoms with E-state index in [2.05, 4.69) is 20.8 Å². The van der Waals surface area contributed by atoms with E-state index in [-0.39, 0.29) is 0 Å². The molecule has 0 nitrogen and oxygen atoms in total.